The van der Waals surface area contributed by atoms with Gasteiger partial charge < -0.3 is 4.74 Å². The van der Waals surface area contributed by atoms with Gasteiger partial charge in [-0.3, -0.25) is 4.72 Å². The van der Waals surface area contributed by atoms with Crippen molar-refractivity contribution in [3.05, 3.63) is 58.1 Å². The number of hydrogen-bond donors (Lipinski definition) is 1. The van der Waals surface area contributed by atoms with Crippen LogP contribution in [-0.4, -0.2) is 21.5 Å². The molecule has 0 unspecified atom stereocenters. The number of methoxy groups -OCH3 is 1. The summed E-state index contributed by atoms with van der Waals surface area (Å²) >= 11 is 3.36. The Hall–Kier alpha value is -1.86. The van der Waals surface area contributed by atoms with E-state index in [9.17, 15) is 13.2 Å². The Morgan fingerprint density at radius 1 is 1.18 bits per heavy atom. The molecule has 2 aromatic rings. The van der Waals surface area contributed by atoms with Crippen LogP contribution in [-0.2, 0) is 14.8 Å². The number of rotatable bonds is 4. The summed E-state index contributed by atoms with van der Waals surface area (Å²) in [4.78, 5) is 11.5. The van der Waals surface area contributed by atoms with Crippen LogP contribution >= 0.6 is 15.9 Å². The zero-order chi connectivity index (χ0) is 16.3. The Bertz CT molecular complexity index is 818. The smallest absolute Gasteiger partial charge is 0.337 e. The van der Waals surface area contributed by atoms with Crippen molar-refractivity contribution in [3.63, 3.8) is 0 Å². The van der Waals surface area contributed by atoms with Crippen LogP contribution in [0.2, 0.25) is 0 Å². The zero-order valence-electron chi connectivity index (χ0n) is 12.0. The number of carbonyl (C=O) groups excluding carboxylic acids is 1. The van der Waals surface area contributed by atoms with Crippen molar-refractivity contribution in [2.45, 2.75) is 11.8 Å². The molecule has 0 radical (unpaired) electrons. The van der Waals surface area contributed by atoms with Gasteiger partial charge in [-0.05, 0) is 48.9 Å². The first-order valence-electron chi connectivity index (χ1n) is 6.31. The molecule has 0 saturated carbocycles. The number of carbonyl (C=O) groups is 1. The minimum atomic E-state index is -3.78. The van der Waals surface area contributed by atoms with E-state index in [4.69, 9.17) is 0 Å². The van der Waals surface area contributed by atoms with Crippen LogP contribution in [0.15, 0.2) is 51.8 Å². The fourth-order valence-electron chi connectivity index (χ4n) is 1.83. The largest absolute Gasteiger partial charge is 0.465 e. The number of nitrogens with one attached hydrogen (secondary N) is 1. The van der Waals surface area contributed by atoms with Crippen molar-refractivity contribution >= 4 is 37.6 Å². The SMILES string of the molecule is COC(=O)c1cccc(S(=O)(=O)Nc2ccc(Br)c(C)c2)c1. The molecule has 116 valence electrons. The number of esters is 1. The number of anilines is 1. The average Bonchev–Trinajstić information content (AvgIpc) is 2.50. The van der Waals surface area contributed by atoms with E-state index < -0.39 is 16.0 Å². The van der Waals surface area contributed by atoms with E-state index in [0.717, 1.165) is 10.0 Å². The number of halogens is 1. The summed E-state index contributed by atoms with van der Waals surface area (Å²) in [5, 5.41) is 0. The molecule has 5 nitrogen and oxygen atoms in total. The van der Waals surface area contributed by atoms with Crippen LogP contribution in [0.1, 0.15) is 15.9 Å². The molecule has 7 heteroatoms. The van der Waals surface area contributed by atoms with Gasteiger partial charge in [0, 0.05) is 10.2 Å². The highest BCUT2D eigenvalue weighted by atomic mass is 79.9. The molecule has 0 aliphatic carbocycles. The lowest BCUT2D eigenvalue weighted by Gasteiger charge is -2.10. The third kappa shape index (κ3) is 3.66. The van der Waals surface area contributed by atoms with Gasteiger partial charge in [0.25, 0.3) is 10.0 Å². The molecule has 0 fully saturated rings. The Kier molecular flexibility index (Phi) is 4.87. The Balaban J connectivity index is 2.34. The van der Waals surface area contributed by atoms with E-state index in [-0.39, 0.29) is 10.5 Å². The van der Waals surface area contributed by atoms with Crippen molar-refractivity contribution in [1.82, 2.24) is 0 Å². The minimum Gasteiger partial charge on any atom is -0.465 e. The van der Waals surface area contributed by atoms with E-state index in [0.29, 0.717) is 5.69 Å². The van der Waals surface area contributed by atoms with Crippen LogP contribution in [0.4, 0.5) is 5.69 Å². The van der Waals surface area contributed by atoms with Gasteiger partial charge in [-0.15, -0.1) is 0 Å². The fourth-order valence-corrected chi connectivity index (χ4v) is 3.17. The number of aryl methyl sites for hydroxylation is 1. The Morgan fingerprint density at radius 3 is 2.55 bits per heavy atom. The Labute approximate surface area is 137 Å². The molecule has 0 saturated heterocycles. The highest BCUT2D eigenvalue weighted by Gasteiger charge is 2.17. The molecule has 1 N–H and O–H groups in total. The number of benzene rings is 2. The molecule has 2 rings (SSSR count). The van der Waals surface area contributed by atoms with Gasteiger partial charge in [-0.1, -0.05) is 22.0 Å². The van der Waals surface area contributed by atoms with Gasteiger partial charge >= 0.3 is 5.97 Å². The lowest BCUT2D eigenvalue weighted by Crippen LogP contribution is -2.14. The van der Waals surface area contributed by atoms with Crippen molar-refractivity contribution in [1.29, 1.82) is 0 Å². The first-order valence-corrected chi connectivity index (χ1v) is 8.58. The minimum absolute atomic E-state index is 0.00373. The zero-order valence-corrected chi connectivity index (χ0v) is 14.4. The van der Waals surface area contributed by atoms with E-state index in [1.54, 1.807) is 18.2 Å². The molecule has 0 heterocycles. The van der Waals surface area contributed by atoms with Crippen molar-refractivity contribution < 1.29 is 17.9 Å². The standard InChI is InChI=1S/C15H14BrNO4S/c1-10-8-12(6-7-14(10)16)17-22(19,20)13-5-3-4-11(9-13)15(18)21-2/h3-9,17H,1-2H3. The lowest BCUT2D eigenvalue weighted by molar-refractivity contribution is 0.0600. The van der Waals surface area contributed by atoms with E-state index in [2.05, 4.69) is 25.4 Å². The van der Waals surface area contributed by atoms with Crippen LogP contribution in [0, 0.1) is 6.92 Å². The predicted octanol–water partition coefficient (Wildman–Crippen LogP) is 3.34. The van der Waals surface area contributed by atoms with Gasteiger partial charge in [0.2, 0.25) is 0 Å². The summed E-state index contributed by atoms with van der Waals surface area (Å²) in [6, 6.07) is 10.8. The molecule has 0 spiro atoms. The van der Waals surface area contributed by atoms with Crippen LogP contribution in [0.3, 0.4) is 0 Å². The number of hydrogen-bond acceptors (Lipinski definition) is 4. The van der Waals surface area contributed by atoms with Crippen molar-refractivity contribution in [2.75, 3.05) is 11.8 Å². The molecule has 2 aromatic carbocycles. The molecule has 0 aromatic heterocycles. The second-order valence-electron chi connectivity index (χ2n) is 4.59. The summed E-state index contributed by atoms with van der Waals surface area (Å²) in [5.74, 6) is -0.587. The first-order chi connectivity index (χ1) is 10.3. The van der Waals surface area contributed by atoms with Crippen LogP contribution in [0.5, 0.6) is 0 Å². The monoisotopic (exact) mass is 383 g/mol. The van der Waals surface area contributed by atoms with E-state index >= 15 is 0 Å². The van der Waals surface area contributed by atoms with E-state index in [1.165, 1.54) is 31.4 Å². The quantitative estimate of drug-likeness (QED) is 0.821. The topological polar surface area (TPSA) is 72.5 Å². The summed E-state index contributed by atoms with van der Waals surface area (Å²) in [7, 11) is -2.54. The highest BCUT2D eigenvalue weighted by molar-refractivity contribution is 9.10. The molecular weight excluding hydrogens is 370 g/mol. The van der Waals surface area contributed by atoms with Gasteiger partial charge in [0.1, 0.15) is 0 Å². The molecule has 22 heavy (non-hydrogen) atoms. The lowest BCUT2D eigenvalue weighted by atomic mass is 10.2. The van der Waals surface area contributed by atoms with Crippen LogP contribution < -0.4 is 4.72 Å². The molecule has 0 amide bonds. The number of ether oxygens (including phenoxy) is 1. The van der Waals surface area contributed by atoms with E-state index in [1.807, 2.05) is 6.92 Å². The van der Waals surface area contributed by atoms with Crippen molar-refractivity contribution in [3.8, 4) is 0 Å². The molecule has 0 atom stereocenters. The molecule has 0 aliphatic rings. The van der Waals surface area contributed by atoms with Crippen molar-refractivity contribution in [2.24, 2.45) is 0 Å². The fraction of sp³-hybridized carbons (Fsp3) is 0.133. The summed E-state index contributed by atoms with van der Waals surface area (Å²) in [5.41, 5.74) is 1.53. The maximum Gasteiger partial charge on any atom is 0.337 e. The predicted molar refractivity (Wildman–Crippen MR) is 87.5 cm³/mol. The molecular formula is C15H14BrNO4S. The maximum atomic E-state index is 12.4. The Morgan fingerprint density at radius 2 is 1.91 bits per heavy atom. The maximum absolute atomic E-state index is 12.4. The second-order valence-corrected chi connectivity index (χ2v) is 7.13. The normalized spacial score (nSPS) is 11.0. The summed E-state index contributed by atoms with van der Waals surface area (Å²) in [6.07, 6.45) is 0. The summed E-state index contributed by atoms with van der Waals surface area (Å²) < 4.78 is 32.7. The van der Waals surface area contributed by atoms with Gasteiger partial charge in [0.15, 0.2) is 0 Å². The summed E-state index contributed by atoms with van der Waals surface area (Å²) in [6.45, 7) is 1.86. The van der Waals surface area contributed by atoms with Crippen LogP contribution in [0.25, 0.3) is 0 Å². The van der Waals surface area contributed by atoms with Gasteiger partial charge in [-0.2, -0.15) is 0 Å². The first kappa shape index (κ1) is 16.5. The number of sulfonamides is 1. The highest BCUT2D eigenvalue weighted by Crippen LogP contribution is 2.23. The third-order valence-corrected chi connectivity index (χ3v) is 5.24. The average molecular weight is 384 g/mol. The van der Waals surface area contributed by atoms with Gasteiger partial charge in [0.05, 0.1) is 17.6 Å². The van der Waals surface area contributed by atoms with Gasteiger partial charge in [-0.25, -0.2) is 13.2 Å². The third-order valence-electron chi connectivity index (χ3n) is 2.98. The molecule has 0 aliphatic heterocycles. The second kappa shape index (κ2) is 6.50. The molecule has 0 bridgehead atoms.